The molecule has 2 N–H and O–H groups in total. The first-order valence-electron chi connectivity index (χ1n) is 4.74. The molecule has 0 amide bonds. The highest BCUT2D eigenvalue weighted by Gasteiger charge is 2.08. The maximum atomic E-state index is 5.71. The van der Waals surface area contributed by atoms with E-state index in [0.29, 0.717) is 6.54 Å². The van der Waals surface area contributed by atoms with Gasteiger partial charge in [0.2, 0.25) is 0 Å². The molecule has 0 fully saturated rings. The Morgan fingerprint density at radius 1 is 1.43 bits per heavy atom. The minimum absolute atomic E-state index is 0.597. The summed E-state index contributed by atoms with van der Waals surface area (Å²) in [6, 6.07) is 6.23. The monoisotopic (exact) mass is 252 g/mol. The SMILES string of the molecule is CCn1cc(CN)c2cccc(Br)c21. The third-order valence-corrected chi connectivity index (χ3v) is 3.13. The number of fused-ring (bicyclic) bond motifs is 1. The molecule has 0 aliphatic carbocycles. The van der Waals surface area contributed by atoms with Gasteiger partial charge in [0.15, 0.2) is 0 Å². The normalized spacial score (nSPS) is 11.1. The Morgan fingerprint density at radius 3 is 2.86 bits per heavy atom. The lowest BCUT2D eigenvalue weighted by molar-refractivity contribution is 0.791. The molecule has 0 radical (unpaired) electrons. The van der Waals surface area contributed by atoms with Gasteiger partial charge >= 0.3 is 0 Å². The zero-order chi connectivity index (χ0) is 10.1. The van der Waals surface area contributed by atoms with Gasteiger partial charge in [-0.2, -0.15) is 0 Å². The zero-order valence-electron chi connectivity index (χ0n) is 8.13. The fourth-order valence-corrected chi connectivity index (χ4v) is 2.39. The average molecular weight is 253 g/mol. The smallest absolute Gasteiger partial charge is 0.0627 e. The molecular weight excluding hydrogens is 240 g/mol. The number of rotatable bonds is 2. The van der Waals surface area contributed by atoms with E-state index in [4.69, 9.17) is 5.73 Å². The van der Waals surface area contributed by atoms with Crippen molar-refractivity contribution in [3.05, 3.63) is 34.4 Å². The summed E-state index contributed by atoms with van der Waals surface area (Å²) in [6.07, 6.45) is 2.13. The first kappa shape index (κ1) is 9.74. The van der Waals surface area contributed by atoms with E-state index in [1.807, 2.05) is 6.07 Å². The van der Waals surface area contributed by atoms with Crippen molar-refractivity contribution in [1.82, 2.24) is 4.57 Å². The van der Waals surface area contributed by atoms with Crippen molar-refractivity contribution in [2.45, 2.75) is 20.0 Å². The van der Waals surface area contributed by atoms with Gasteiger partial charge in [-0.3, -0.25) is 0 Å². The van der Waals surface area contributed by atoms with Crippen LogP contribution >= 0.6 is 15.9 Å². The van der Waals surface area contributed by atoms with Crippen LogP contribution in [0.2, 0.25) is 0 Å². The summed E-state index contributed by atoms with van der Waals surface area (Å²) in [6.45, 7) is 3.71. The Labute approximate surface area is 91.8 Å². The van der Waals surface area contributed by atoms with Crippen molar-refractivity contribution >= 4 is 26.8 Å². The fraction of sp³-hybridized carbons (Fsp3) is 0.273. The topological polar surface area (TPSA) is 30.9 Å². The van der Waals surface area contributed by atoms with Gasteiger partial charge < -0.3 is 10.3 Å². The summed E-state index contributed by atoms with van der Waals surface area (Å²) in [5.41, 5.74) is 8.16. The summed E-state index contributed by atoms with van der Waals surface area (Å²) < 4.78 is 3.36. The van der Waals surface area contributed by atoms with E-state index in [1.165, 1.54) is 16.5 Å². The molecule has 0 aliphatic heterocycles. The number of hydrogen-bond acceptors (Lipinski definition) is 1. The van der Waals surface area contributed by atoms with Gasteiger partial charge in [0.1, 0.15) is 0 Å². The van der Waals surface area contributed by atoms with E-state index in [2.05, 4.69) is 45.8 Å². The molecule has 0 spiro atoms. The number of aryl methyl sites for hydroxylation is 1. The van der Waals surface area contributed by atoms with Crippen molar-refractivity contribution in [3.63, 3.8) is 0 Å². The summed E-state index contributed by atoms with van der Waals surface area (Å²) in [4.78, 5) is 0. The Hall–Kier alpha value is -0.800. The predicted octanol–water partition coefficient (Wildman–Crippen LogP) is 2.88. The van der Waals surface area contributed by atoms with Crippen molar-refractivity contribution < 1.29 is 0 Å². The maximum absolute atomic E-state index is 5.71. The molecular formula is C11H13BrN2. The van der Waals surface area contributed by atoms with Crippen molar-refractivity contribution in [3.8, 4) is 0 Å². The van der Waals surface area contributed by atoms with E-state index in [0.717, 1.165) is 11.0 Å². The number of aromatic nitrogens is 1. The van der Waals surface area contributed by atoms with Crippen LogP contribution in [0.5, 0.6) is 0 Å². The first-order valence-corrected chi connectivity index (χ1v) is 5.53. The van der Waals surface area contributed by atoms with Crippen LogP contribution < -0.4 is 5.73 Å². The lowest BCUT2D eigenvalue weighted by Crippen LogP contribution is -1.95. The molecule has 2 nitrogen and oxygen atoms in total. The summed E-state index contributed by atoms with van der Waals surface area (Å²) >= 11 is 3.57. The molecule has 2 aromatic rings. The van der Waals surface area contributed by atoms with Crippen LogP contribution in [-0.2, 0) is 13.1 Å². The summed E-state index contributed by atoms with van der Waals surface area (Å²) in [5.74, 6) is 0. The van der Waals surface area contributed by atoms with Crippen LogP contribution in [-0.4, -0.2) is 4.57 Å². The number of para-hydroxylation sites is 1. The van der Waals surface area contributed by atoms with E-state index >= 15 is 0 Å². The minimum atomic E-state index is 0.597. The lowest BCUT2D eigenvalue weighted by atomic mass is 10.2. The highest BCUT2D eigenvalue weighted by atomic mass is 79.9. The van der Waals surface area contributed by atoms with Crippen molar-refractivity contribution in [2.24, 2.45) is 5.73 Å². The Morgan fingerprint density at radius 2 is 2.21 bits per heavy atom. The Bertz CT molecular complexity index is 460. The molecule has 0 aliphatic rings. The predicted molar refractivity (Wildman–Crippen MR) is 63.2 cm³/mol. The van der Waals surface area contributed by atoms with Gasteiger partial charge in [-0.15, -0.1) is 0 Å². The third kappa shape index (κ3) is 1.37. The highest BCUT2D eigenvalue weighted by molar-refractivity contribution is 9.10. The Kier molecular flexibility index (Phi) is 2.61. The van der Waals surface area contributed by atoms with Crippen LogP contribution in [0.15, 0.2) is 28.9 Å². The molecule has 0 bridgehead atoms. The molecule has 0 unspecified atom stereocenters. The van der Waals surface area contributed by atoms with Gasteiger partial charge in [0.05, 0.1) is 5.52 Å². The zero-order valence-corrected chi connectivity index (χ0v) is 9.71. The van der Waals surface area contributed by atoms with Gasteiger partial charge in [-0.05, 0) is 34.5 Å². The van der Waals surface area contributed by atoms with Crippen molar-refractivity contribution in [1.29, 1.82) is 0 Å². The molecule has 0 saturated heterocycles. The van der Waals surface area contributed by atoms with E-state index in [1.54, 1.807) is 0 Å². The molecule has 1 aromatic heterocycles. The van der Waals surface area contributed by atoms with Gasteiger partial charge in [0.25, 0.3) is 0 Å². The number of hydrogen-bond donors (Lipinski definition) is 1. The van der Waals surface area contributed by atoms with E-state index in [-0.39, 0.29) is 0 Å². The largest absolute Gasteiger partial charge is 0.347 e. The second-order valence-electron chi connectivity index (χ2n) is 3.28. The van der Waals surface area contributed by atoms with Gasteiger partial charge in [0, 0.05) is 29.1 Å². The van der Waals surface area contributed by atoms with E-state index in [9.17, 15) is 0 Å². The number of nitrogens with zero attached hydrogens (tertiary/aromatic N) is 1. The maximum Gasteiger partial charge on any atom is 0.0627 e. The van der Waals surface area contributed by atoms with E-state index < -0.39 is 0 Å². The quantitative estimate of drug-likeness (QED) is 0.876. The molecule has 0 saturated carbocycles. The molecule has 14 heavy (non-hydrogen) atoms. The summed E-state index contributed by atoms with van der Waals surface area (Å²) in [7, 11) is 0. The number of halogens is 1. The van der Waals surface area contributed by atoms with Crippen LogP contribution in [0, 0.1) is 0 Å². The molecule has 1 aromatic carbocycles. The molecule has 2 rings (SSSR count). The second-order valence-corrected chi connectivity index (χ2v) is 4.13. The molecule has 0 atom stereocenters. The summed E-state index contributed by atoms with van der Waals surface area (Å²) in [5, 5.41) is 1.25. The van der Waals surface area contributed by atoms with Crippen LogP contribution in [0.1, 0.15) is 12.5 Å². The highest BCUT2D eigenvalue weighted by Crippen LogP contribution is 2.28. The lowest BCUT2D eigenvalue weighted by Gasteiger charge is -2.01. The molecule has 74 valence electrons. The molecule has 1 heterocycles. The van der Waals surface area contributed by atoms with Crippen LogP contribution in [0.4, 0.5) is 0 Å². The van der Waals surface area contributed by atoms with Crippen LogP contribution in [0.3, 0.4) is 0 Å². The number of benzene rings is 1. The van der Waals surface area contributed by atoms with Gasteiger partial charge in [-0.25, -0.2) is 0 Å². The Balaban J connectivity index is 2.82. The molecule has 3 heteroatoms. The minimum Gasteiger partial charge on any atom is -0.347 e. The van der Waals surface area contributed by atoms with Crippen LogP contribution in [0.25, 0.3) is 10.9 Å². The fourth-order valence-electron chi connectivity index (χ4n) is 1.80. The van der Waals surface area contributed by atoms with Gasteiger partial charge in [-0.1, -0.05) is 12.1 Å². The average Bonchev–Trinajstić information content (AvgIpc) is 2.57. The second kappa shape index (κ2) is 3.75. The van der Waals surface area contributed by atoms with Crippen molar-refractivity contribution in [2.75, 3.05) is 0 Å². The number of nitrogens with two attached hydrogens (primary N) is 1. The first-order chi connectivity index (χ1) is 6.77. The standard InChI is InChI=1S/C11H13BrN2/c1-2-14-7-8(6-13)9-4-3-5-10(12)11(9)14/h3-5,7H,2,6,13H2,1H3. The third-order valence-electron chi connectivity index (χ3n) is 2.49.